The molecule has 0 radical (unpaired) electrons. The SMILES string of the molecule is C#CC(C)(CC)C(Cl)(Cl)Cl. The fraction of sp³-hybridized carbons (Fsp3) is 0.714. The Morgan fingerprint density at radius 2 is 1.80 bits per heavy atom. The number of hydrogen-bond donors (Lipinski definition) is 0. The van der Waals surface area contributed by atoms with E-state index in [1.165, 1.54) is 0 Å². The Labute approximate surface area is 76.8 Å². The molecule has 0 aliphatic rings. The van der Waals surface area contributed by atoms with Crippen LogP contribution in [0.15, 0.2) is 0 Å². The van der Waals surface area contributed by atoms with Crippen molar-refractivity contribution in [1.29, 1.82) is 0 Å². The number of rotatable bonds is 1. The van der Waals surface area contributed by atoms with Gasteiger partial charge in [0.25, 0.3) is 0 Å². The van der Waals surface area contributed by atoms with Crippen LogP contribution in [0.3, 0.4) is 0 Å². The molecule has 0 aliphatic carbocycles. The van der Waals surface area contributed by atoms with Crippen molar-refractivity contribution < 1.29 is 0 Å². The standard InChI is InChI=1S/C7H9Cl3/c1-4-6(3,5-2)7(8,9)10/h1H,5H2,2-3H3. The topological polar surface area (TPSA) is 0 Å². The molecule has 0 saturated carbocycles. The van der Waals surface area contributed by atoms with Crippen LogP contribution in [-0.4, -0.2) is 3.79 Å². The molecule has 3 heteroatoms. The van der Waals surface area contributed by atoms with Crippen LogP contribution in [-0.2, 0) is 0 Å². The van der Waals surface area contributed by atoms with Gasteiger partial charge in [-0.3, -0.25) is 0 Å². The predicted octanol–water partition coefficient (Wildman–Crippen LogP) is 3.41. The van der Waals surface area contributed by atoms with Crippen molar-refractivity contribution in [3.63, 3.8) is 0 Å². The van der Waals surface area contributed by atoms with Gasteiger partial charge in [0.1, 0.15) is 0 Å². The Morgan fingerprint density at radius 3 is 1.80 bits per heavy atom. The van der Waals surface area contributed by atoms with Crippen molar-refractivity contribution in [1.82, 2.24) is 0 Å². The van der Waals surface area contributed by atoms with Gasteiger partial charge in [0.05, 0.1) is 5.41 Å². The Morgan fingerprint density at radius 1 is 1.40 bits per heavy atom. The maximum absolute atomic E-state index is 5.63. The van der Waals surface area contributed by atoms with E-state index in [1.807, 2.05) is 6.92 Å². The van der Waals surface area contributed by atoms with Gasteiger partial charge in [-0.25, -0.2) is 0 Å². The van der Waals surface area contributed by atoms with Gasteiger partial charge < -0.3 is 0 Å². The summed E-state index contributed by atoms with van der Waals surface area (Å²) in [6.07, 6.45) is 5.85. The first-order valence-corrected chi connectivity index (χ1v) is 4.05. The first kappa shape index (κ1) is 10.4. The molecule has 0 spiro atoms. The molecule has 0 heterocycles. The Bertz CT molecular complexity index is 151. The monoisotopic (exact) mass is 198 g/mol. The molecule has 0 N–H and O–H groups in total. The normalized spacial score (nSPS) is 17.6. The molecule has 0 aromatic carbocycles. The fourth-order valence-corrected chi connectivity index (χ4v) is 0.949. The van der Waals surface area contributed by atoms with Gasteiger partial charge in [0, 0.05) is 0 Å². The van der Waals surface area contributed by atoms with Crippen LogP contribution in [0.1, 0.15) is 20.3 Å². The summed E-state index contributed by atoms with van der Waals surface area (Å²) in [5, 5.41) is 0. The lowest BCUT2D eigenvalue weighted by atomic mass is 9.91. The van der Waals surface area contributed by atoms with Crippen LogP contribution in [0.2, 0.25) is 0 Å². The molecular weight excluding hydrogens is 190 g/mol. The van der Waals surface area contributed by atoms with E-state index in [1.54, 1.807) is 6.92 Å². The Balaban J connectivity index is 4.54. The van der Waals surface area contributed by atoms with Crippen molar-refractivity contribution >= 4 is 34.8 Å². The number of alkyl halides is 3. The molecule has 0 nitrogen and oxygen atoms in total. The zero-order valence-electron chi connectivity index (χ0n) is 5.92. The minimum Gasteiger partial charge on any atom is -0.119 e. The van der Waals surface area contributed by atoms with Crippen molar-refractivity contribution in [2.75, 3.05) is 0 Å². The maximum Gasteiger partial charge on any atom is 0.206 e. The molecule has 0 fully saturated rings. The predicted molar refractivity (Wildman–Crippen MR) is 47.5 cm³/mol. The van der Waals surface area contributed by atoms with Gasteiger partial charge in [-0.15, -0.1) is 6.42 Å². The average molecular weight is 200 g/mol. The van der Waals surface area contributed by atoms with Crippen LogP contribution < -0.4 is 0 Å². The zero-order chi connectivity index (χ0) is 8.41. The fourth-order valence-electron chi connectivity index (χ4n) is 0.384. The van der Waals surface area contributed by atoms with Gasteiger partial charge in [-0.1, -0.05) is 47.6 Å². The Kier molecular flexibility index (Phi) is 3.36. The summed E-state index contributed by atoms with van der Waals surface area (Å²) < 4.78 is -1.36. The van der Waals surface area contributed by atoms with Gasteiger partial charge in [0.2, 0.25) is 3.79 Å². The summed E-state index contributed by atoms with van der Waals surface area (Å²) in [6, 6.07) is 0. The number of terminal acetylenes is 1. The van der Waals surface area contributed by atoms with E-state index in [-0.39, 0.29) is 0 Å². The summed E-state index contributed by atoms with van der Waals surface area (Å²) in [7, 11) is 0. The van der Waals surface area contributed by atoms with E-state index in [4.69, 9.17) is 41.2 Å². The second kappa shape index (κ2) is 3.22. The third kappa shape index (κ3) is 1.95. The highest BCUT2D eigenvalue weighted by atomic mass is 35.6. The molecule has 58 valence electrons. The van der Waals surface area contributed by atoms with Crippen molar-refractivity contribution in [3.05, 3.63) is 0 Å². The van der Waals surface area contributed by atoms with E-state index in [0.29, 0.717) is 6.42 Å². The van der Waals surface area contributed by atoms with Crippen molar-refractivity contribution in [3.8, 4) is 12.3 Å². The molecule has 0 saturated heterocycles. The average Bonchev–Trinajstić information content (AvgIpc) is 1.84. The molecule has 0 rings (SSSR count). The highest BCUT2D eigenvalue weighted by molar-refractivity contribution is 6.68. The second-order valence-electron chi connectivity index (χ2n) is 2.33. The quantitative estimate of drug-likeness (QED) is 0.448. The summed E-state index contributed by atoms with van der Waals surface area (Å²) in [4.78, 5) is 0. The van der Waals surface area contributed by atoms with E-state index >= 15 is 0 Å². The summed E-state index contributed by atoms with van der Waals surface area (Å²) in [6.45, 7) is 3.64. The Hall–Kier alpha value is 0.430. The lowest BCUT2D eigenvalue weighted by Gasteiger charge is -2.29. The minimum atomic E-state index is -1.36. The number of halogens is 3. The third-order valence-electron chi connectivity index (χ3n) is 1.65. The van der Waals surface area contributed by atoms with Gasteiger partial charge in [0.15, 0.2) is 0 Å². The van der Waals surface area contributed by atoms with Gasteiger partial charge in [-0.05, 0) is 13.3 Å². The summed E-state index contributed by atoms with van der Waals surface area (Å²) in [5.41, 5.74) is -0.655. The molecule has 1 unspecified atom stereocenters. The molecule has 0 aliphatic heterocycles. The highest BCUT2D eigenvalue weighted by Gasteiger charge is 2.41. The first-order chi connectivity index (χ1) is 4.37. The van der Waals surface area contributed by atoms with Gasteiger partial charge >= 0.3 is 0 Å². The molecule has 0 aromatic rings. The zero-order valence-corrected chi connectivity index (χ0v) is 8.19. The van der Waals surface area contributed by atoms with Crippen molar-refractivity contribution in [2.45, 2.75) is 24.1 Å². The molecule has 0 amide bonds. The van der Waals surface area contributed by atoms with Crippen LogP contribution in [0.25, 0.3) is 0 Å². The van der Waals surface area contributed by atoms with E-state index in [2.05, 4.69) is 5.92 Å². The van der Waals surface area contributed by atoms with Gasteiger partial charge in [-0.2, -0.15) is 0 Å². The lowest BCUT2D eigenvalue weighted by molar-refractivity contribution is 0.441. The molecule has 0 bridgehead atoms. The third-order valence-corrected chi connectivity index (χ3v) is 2.90. The van der Waals surface area contributed by atoms with Crippen LogP contribution in [0.4, 0.5) is 0 Å². The second-order valence-corrected chi connectivity index (χ2v) is 4.61. The van der Waals surface area contributed by atoms with E-state index in [9.17, 15) is 0 Å². The van der Waals surface area contributed by atoms with Crippen LogP contribution in [0, 0.1) is 17.8 Å². The lowest BCUT2D eigenvalue weighted by Crippen LogP contribution is -2.29. The minimum absolute atomic E-state index is 0.653. The van der Waals surface area contributed by atoms with Crippen LogP contribution in [0.5, 0.6) is 0 Å². The smallest absolute Gasteiger partial charge is 0.119 e. The molecule has 10 heavy (non-hydrogen) atoms. The molecular formula is C7H9Cl3. The first-order valence-electron chi connectivity index (χ1n) is 2.92. The molecule has 0 aromatic heterocycles. The summed E-state index contributed by atoms with van der Waals surface area (Å²) in [5.74, 6) is 2.47. The highest BCUT2D eigenvalue weighted by Crippen LogP contribution is 2.46. The van der Waals surface area contributed by atoms with Crippen molar-refractivity contribution in [2.24, 2.45) is 5.41 Å². The number of hydrogen-bond acceptors (Lipinski definition) is 0. The van der Waals surface area contributed by atoms with Crippen LogP contribution >= 0.6 is 34.8 Å². The van der Waals surface area contributed by atoms with E-state index in [0.717, 1.165) is 0 Å². The summed E-state index contributed by atoms with van der Waals surface area (Å²) >= 11 is 16.9. The largest absolute Gasteiger partial charge is 0.206 e. The maximum atomic E-state index is 5.63. The molecule has 1 atom stereocenters. The van der Waals surface area contributed by atoms with E-state index < -0.39 is 9.21 Å².